The normalized spacial score (nSPS) is 15.8. The smallest absolute Gasteiger partial charge is 0.416 e. The van der Waals surface area contributed by atoms with Gasteiger partial charge in [0.05, 0.1) is 21.6 Å². The number of halogens is 6. The second kappa shape index (κ2) is 11.9. The summed E-state index contributed by atoms with van der Waals surface area (Å²) >= 11 is 7.28. The molecule has 0 spiro atoms. The molecule has 0 radical (unpaired) electrons. The Bertz CT molecular complexity index is 1560. The van der Waals surface area contributed by atoms with Crippen LogP contribution < -0.4 is 5.32 Å². The summed E-state index contributed by atoms with van der Waals surface area (Å²) in [6, 6.07) is 7.53. The van der Waals surface area contributed by atoms with Crippen LogP contribution in [0.3, 0.4) is 0 Å². The Labute approximate surface area is 248 Å². The summed E-state index contributed by atoms with van der Waals surface area (Å²) in [5.74, 6) is -2.08. The summed E-state index contributed by atoms with van der Waals surface area (Å²) in [6.45, 7) is 1.61. The van der Waals surface area contributed by atoms with Gasteiger partial charge in [0.2, 0.25) is 5.91 Å². The quantitative estimate of drug-likeness (QED) is 0.155. The molecule has 1 aromatic heterocycles. The number of amides is 2. The number of rotatable bonds is 7. The highest BCUT2D eigenvalue weighted by molar-refractivity contribution is 8.26. The molecule has 3 aromatic rings. The van der Waals surface area contributed by atoms with Crippen LogP contribution in [0.25, 0.3) is 17.2 Å². The first-order valence-electron chi connectivity index (χ1n) is 11.8. The molecule has 1 aliphatic rings. The van der Waals surface area contributed by atoms with Gasteiger partial charge < -0.3 is 10.4 Å². The highest BCUT2D eigenvalue weighted by Gasteiger charge is 2.38. The lowest BCUT2D eigenvalue weighted by Gasteiger charge is -2.22. The maximum atomic E-state index is 13.3. The molecule has 1 aliphatic heterocycles. The van der Waals surface area contributed by atoms with Gasteiger partial charge in [-0.2, -0.15) is 26.3 Å². The predicted octanol–water partition coefficient (Wildman–Crippen LogP) is 7.77. The number of nitrogens with one attached hydrogen (secondary N) is 1. The lowest BCUT2D eigenvalue weighted by atomic mass is 10.0. The summed E-state index contributed by atoms with van der Waals surface area (Å²) in [5.41, 5.74) is -2.63. The molecule has 1 atom stereocenters. The summed E-state index contributed by atoms with van der Waals surface area (Å²) in [6.07, 6.45) is -8.67. The monoisotopic (exact) mass is 644 g/mol. The molecule has 6 nitrogen and oxygen atoms in total. The number of hydrogen-bond donors (Lipinski definition) is 2. The van der Waals surface area contributed by atoms with E-state index in [1.165, 1.54) is 46.7 Å². The van der Waals surface area contributed by atoms with Gasteiger partial charge in [0.15, 0.2) is 0 Å². The first-order chi connectivity index (χ1) is 19.5. The van der Waals surface area contributed by atoms with E-state index in [1.807, 2.05) is 0 Å². The number of thiophene rings is 1. The van der Waals surface area contributed by atoms with Crippen molar-refractivity contribution in [2.75, 3.05) is 5.32 Å². The van der Waals surface area contributed by atoms with Gasteiger partial charge in [0, 0.05) is 23.0 Å². The third kappa shape index (κ3) is 7.20. The molecule has 0 bridgehead atoms. The Morgan fingerprint density at radius 1 is 1.00 bits per heavy atom. The van der Waals surface area contributed by atoms with E-state index in [9.17, 15) is 40.7 Å². The fraction of sp³-hybridized carbons (Fsp3) is 0.185. The molecule has 2 aromatic carbocycles. The van der Waals surface area contributed by atoms with E-state index < -0.39 is 47.3 Å². The number of carboxylic acid groups (broad SMARTS) is 1. The maximum absolute atomic E-state index is 13.3. The van der Waals surface area contributed by atoms with Crippen molar-refractivity contribution in [2.45, 2.75) is 31.7 Å². The van der Waals surface area contributed by atoms with E-state index in [0.717, 1.165) is 23.1 Å². The summed E-state index contributed by atoms with van der Waals surface area (Å²) in [4.78, 5) is 38.4. The molecule has 220 valence electrons. The van der Waals surface area contributed by atoms with Crippen LogP contribution in [0, 0.1) is 0 Å². The van der Waals surface area contributed by atoms with Crippen molar-refractivity contribution in [1.29, 1.82) is 0 Å². The minimum Gasteiger partial charge on any atom is -0.478 e. The Morgan fingerprint density at radius 3 is 2.14 bits per heavy atom. The van der Waals surface area contributed by atoms with E-state index in [0.29, 0.717) is 22.7 Å². The number of thiocarbonyl (C=S) groups is 1. The first kappa shape index (κ1) is 31.3. The molecular formula is C27H18F6N2O4S3. The number of carbonyl (C=O) groups is 3. The zero-order valence-corrected chi connectivity index (χ0v) is 23.6. The van der Waals surface area contributed by atoms with Crippen LogP contribution in [-0.2, 0) is 21.9 Å². The standard InChI is InChI=1S/C27H18F6N2O4S3/c1-13(6-22(36)34-19-4-2-14(3-5-19)24(38)39)35-23(37)21(42-25(35)40)11-20-9-16(12-41-20)15-7-17(26(28,29)30)10-18(8-15)27(31,32)33/h2-5,7-13H,6H2,1H3,(H,34,36)(H,38,39). The Morgan fingerprint density at radius 2 is 1.60 bits per heavy atom. The zero-order chi connectivity index (χ0) is 31.0. The van der Waals surface area contributed by atoms with Crippen molar-refractivity contribution in [1.82, 2.24) is 4.90 Å². The second-order valence-corrected chi connectivity index (χ2v) is 11.7. The average molecular weight is 645 g/mol. The lowest BCUT2D eigenvalue weighted by molar-refractivity contribution is -0.143. The minimum atomic E-state index is -4.98. The Kier molecular flexibility index (Phi) is 8.85. The molecule has 2 heterocycles. The largest absolute Gasteiger partial charge is 0.478 e. The summed E-state index contributed by atoms with van der Waals surface area (Å²) < 4.78 is 79.7. The molecule has 15 heteroatoms. The highest BCUT2D eigenvalue weighted by Crippen LogP contribution is 2.40. The van der Waals surface area contributed by atoms with Crippen LogP contribution in [-0.4, -0.2) is 38.2 Å². The van der Waals surface area contributed by atoms with E-state index in [2.05, 4.69) is 5.32 Å². The van der Waals surface area contributed by atoms with Crippen molar-refractivity contribution in [3.05, 3.63) is 80.4 Å². The van der Waals surface area contributed by atoms with Crippen molar-refractivity contribution in [3.63, 3.8) is 0 Å². The molecule has 0 saturated carbocycles. The number of aromatic carboxylic acids is 1. The molecular weight excluding hydrogens is 626 g/mol. The van der Waals surface area contributed by atoms with Gasteiger partial charge in [-0.1, -0.05) is 24.0 Å². The Hall–Kier alpha value is -3.69. The molecule has 42 heavy (non-hydrogen) atoms. The SMILES string of the molecule is CC(CC(=O)Nc1ccc(C(=O)O)cc1)N1C(=O)C(=Cc2cc(-c3cc(C(F)(F)F)cc(C(F)(F)F)c3)cs2)SC1=S. The van der Waals surface area contributed by atoms with E-state index >= 15 is 0 Å². The third-order valence-electron chi connectivity index (χ3n) is 5.97. The van der Waals surface area contributed by atoms with Gasteiger partial charge in [-0.3, -0.25) is 14.5 Å². The zero-order valence-electron chi connectivity index (χ0n) is 21.2. The van der Waals surface area contributed by atoms with E-state index in [1.54, 1.807) is 6.92 Å². The fourth-order valence-electron chi connectivity index (χ4n) is 3.96. The molecule has 1 fully saturated rings. The average Bonchev–Trinajstić information content (AvgIpc) is 3.46. The number of nitrogens with zero attached hydrogens (tertiary/aromatic N) is 1. The van der Waals surface area contributed by atoms with Crippen LogP contribution in [0.2, 0.25) is 0 Å². The van der Waals surface area contributed by atoms with Gasteiger partial charge in [0.25, 0.3) is 5.91 Å². The maximum Gasteiger partial charge on any atom is 0.416 e. The predicted molar refractivity (Wildman–Crippen MR) is 151 cm³/mol. The van der Waals surface area contributed by atoms with Gasteiger partial charge in [0.1, 0.15) is 4.32 Å². The van der Waals surface area contributed by atoms with Crippen molar-refractivity contribution in [2.24, 2.45) is 0 Å². The molecule has 0 aliphatic carbocycles. The van der Waals surface area contributed by atoms with Gasteiger partial charge >= 0.3 is 18.3 Å². The van der Waals surface area contributed by atoms with Crippen LogP contribution >= 0.6 is 35.3 Å². The van der Waals surface area contributed by atoms with Gasteiger partial charge in [-0.15, -0.1) is 11.3 Å². The van der Waals surface area contributed by atoms with Crippen LogP contribution in [0.1, 0.15) is 39.7 Å². The number of carbonyl (C=O) groups excluding carboxylic acids is 2. The fourth-order valence-corrected chi connectivity index (χ4v) is 6.33. The Balaban J connectivity index is 1.48. The second-order valence-electron chi connectivity index (χ2n) is 9.07. The topological polar surface area (TPSA) is 86.7 Å². The van der Waals surface area contributed by atoms with Crippen molar-refractivity contribution < 1.29 is 45.8 Å². The van der Waals surface area contributed by atoms with E-state index in [-0.39, 0.29) is 38.4 Å². The van der Waals surface area contributed by atoms with E-state index in [4.69, 9.17) is 17.3 Å². The number of alkyl halides is 6. The molecule has 4 rings (SSSR count). The first-order valence-corrected chi connectivity index (χ1v) is 13.9. The molecule has 1 unspecified atom stereocenters. The van der Waals surface area contributed by atoms with Crippen LogP contribution in [0.5, 0.6) is 0 Å². The minimum absolute atomic E-state index is 0.0458. The molecule has 1 saturated heterocycles. The number of hydrogen-bond acceptors (Lipinski definition) is 6. The number of benzene rings is 2. The molecule has 2 amide bonds. The number of thioether (sulfide) groups is 1. The molecule has 2 N–H and O–H groups in total. The lowest BCUT2D eigenvalue weighted by Crippen LogP contribution is -2.38. The van der Waals surface area contributed by atoms with Crippen molar-refractivity contribution in [3.8, 4) is 11.1 Å². The van der Waals surface area contributed by atoms with Crippen LogP contribution in [0.15, 0.2) is 58.8 Å². The summed E-state index contributed by atoms with van der Waals surface area (Å²) in [5, 5.41) is 13.0. The van der Waals surface area contributed by atoms with Crippen LogP contribution in [0.4, 0.5) is 32.0 Å². The third-order valence-corrected chi connectivity index (χ3v) is 8.18. The van der Waals surface area contributed by atoms with Crippen molar-refractivity contribution >= 4 is 69.2 Å². The summed E-state index contributed by atoms with van der Waals surface area (Å²) in [7, 11) is 0. The highest BCUT2D eigenvalue weighted by atomic mass is 32.2. The number of anilines is 1. The van der Waals surface area contributed by atoms with Gasteiger partial charge in [-0.05, 0) is 78.0 Å². The van der Waals surface area contributed by atoms with Gasteiger partial charge in [-0.25, -0.2) is 4.79 Å². The number of carboxylic acids is 1.